The van der Waals surface area contributed by atoms with E-state index in [2.05, 4.69) is 25.5 Å². The Morgan fingerprint density at radius 3 is 2.59 bits per heavy atom. The van der Waals surface area contributed by atoms with Crippen molar-refractivity contribution in [1.29, 1.82) is 0 Å². The van der Waals surface area contributed by atoms with Crippen molar-refractivity contribution in [2.75, 3.05) is 5.73 Å². The standard InChI is InChI=1S/C23H26F2N8O/c1-4-13(3)29-22(34)19-8-15(9-20-30-23(26)31-33(19)20)16-11-28-32(12-16)18(5-2)14-6-7-17(21(24)25)27-10-14/h6-13,18,21H,4-5H2,1-3H3,(H2,26,31)(H,29,34)/t13-,18-/m0/s1. The number of aromatic nitrogens is 6. The average molecular weight is 469 g/mol. The van der Waals surface area contributed by atoms with E-state index in [0.717, 1.165) is 23.1 Å². The minimum Gasteiger partial charge on any atom is -0.366 e. The first-order valence-electron chi connectivity index (χ1n) is 11.1. The molecule has 1 amide bonds. The molecule has 11 heteroatoms. The Balaban J connectivity index is 1.70. The normalized spacial score (nSPS) is 13.4. The van der Waals surface area contributed by atoms with Crippen LogP contribution in [-0.2, 0) is 0 Å². The van der Waals surface area contributed by atoms with Crippen LogP contribution in [0, 0.1) is 0 Å². The van der Waals surface area contributed by atoms with Gasteiger partial charge < -0.3 is 11.1 Å². The molecule has 0 aliphatic heterocycles. The van der Waals surface area contributed by atoms with Crippen LogP contribution in [0.1, 0.15) is 67.8 Å². The van der Waals surface area contributed by atoms with Gasteiger partial charge in [0, 0.05) is 24.0 Å². The van der Waals surface area contributed by atoms with Crippen LogP contribution in [0.3, 0.4) is 0 Å². The van der Waals surface area contributed by atoms with E-state index in [1.54, 1.807) is 29.1 Å². The molecule has 9 nitrogen and oxygen atoms in total. The number of amides is 1. The Labute approximate surface area is 195 Å². The van der Waals surface area contributed by atoms with Crippen molar-refractivity contribution in [3.63, 3.8) is 0 Å². The van der Waals surface area contributed by atoms with Gasteiger partial charge in [0.15, 0.2) is 5.65 Å². The molecule has 0 radical (unpaired) electrons. The third kappa shape index (κ3) is 4.59. The highest BCUT2D eigenvalue weighted by molar-refractivity contribution is 5.95. The molecule has 0 fully saturated rings. The highest BCUT2D eigenvalue weighted by Gasteiger charge is 2.19. The SMILES string of the molecule is CC[C@H](C)NC(=O)c1cc(-c2cnn([C@@H](CC)c3ccc(C(F)F)nc3)c2)cc2nc(N)nn12. The van der Waals surface area contributed by atoms with Crippen molar-refractivity contribution < 1.29 is 13.6 Å². The van der Waals surface area contributed by atoms with E-state index in [4.69, 9.17) is 5.73 Å². The van der Waals surface area contributed by atoms with Gasteiger partial charge in [0.05, 0.1) is 12.2 Å². The van der Waals surface area contributed by atoms with Crippen LogP contribution in [0.5, 0.6) is 0 Å². The topological polar surface area (TPSA) is 116 Å². The van der Waals surface area contributed by atoms with E-state index < -0.39 is 6.43 Å². The second-order valence-corrected chi connectivity index (χ2v) is 8.10. The van der Waals surface area contributed by atoms with Crippen molar-refractivity contribution in [2.45, 2.75) is 52.1 Å². The summed E-state index contributed by atoms with van der Waals surface area (Å²) in [7, 11) is 0. The molecule has 0 aliphatic carbocycles. The number of nitrogens with zero attached hydrogens (tertiary/aromatic N) is 6. The molecule has 0 spiro atoms. The third-order valence-corrected chi connectivity index (χ3v) is 5.73. The Morgan fingerprint density at radius 2 is 1.94 bits per heavy atom. The molecule has 0 saturated heterocycles. The number of carbonyl (C=O) groups excluding carboxylic acids is 1. The quantitative estimate of drug-likeness (QED) is 0.403. The van der Waals surface area contributed by atoms with Gasteiger partial charge in [0.1, 0.15) is 11.4 Å². The van der Waals surface area contributed by atoms with E-state index in [9.17, 15) is 13.6 Å². The van der Waals surface area contributed by atoms with Gasteiger partial charge in [-0.25, -0.2) is 13.3 Å². The molecule has 2 atom stereocenters. The number of nitrogens with two attached hydrogens (primary N) is 1. The molecule has 4 aromatic rings. The van der Waals surface area contributed by atoms with Crippen molar-refractivity contribution in [2.24, 2.45) is 0 Å². The molecule has 0 bridgehead atoms. The largest absolute Gasteiger partial charge is 0.366 e. The summed E-state index contributed by atoms with van der Waals surface area (Å²) in [6.07, 6.45) is 3.84. The second-order valence-electron chi connectivity index (χ2n) is 8.10. The lowest BCUT2D eigenvalue weighted by atomic mass is 10.1. The summed E-state index contributed by atoms with van der Waals surface area (Å²) in [4.78, 5) is 21.0. The minimum absolute atomic E-state index is 0.00907. The van der Waals surface area contributed by atoms with Crippen LogP contribution in [0.4, 0.5) is 14.7 Å². The Bertz CT molecular complexity index is 1300. The maximum atomic E-state index is 12.9. The maximum Gasteiger partial charge on any atom is 0.280 e. The number of nitrogen functional groups attached to an aromatic ring is 1. The number of fused-ring (bicyclic) bond motifs is 1. The van der Waals surface area contributed by atoms with Gasteiger partial charge in [0.25, 0.3) is 12.3 Å². The van der Waals surface area contributed by atoms with Crippen molar-refractivity contribution in [3.8, 4) is 11.1 Å². The maximum absolute atomic E-state index is 12.9. The highest BCUT2D eigenvalue weighted by atomic mass is 19.3. The summed E-state index contributed by atoms with van der Waals surface area (Å²) in [5.74, 6) is -0.216. The Morgan fingerprint density at radius 1 is 1.15 bits per heavy atom. The predicted molar refractivity (Wildman–Crippen MR) is 123 cm³/mol. The van der Waals surface area contributed by atoms with Crippen molar-refractivity contribution in [3.05, 3.63) is 59.8 Å². The van der Waals surface area contributed by atoms with E-state index in [1.165, 1.54) is 16.8 Å². The molecule has 0 aliphatic rings. The second kappa shape index (κ2) is 9.54. The molecule has 4 rings (SSSR count). The summed E-state index contributed by atoms with van der Waals surface area (Å²) in [5, 5.41) is 11.6. The summed E-state index contributed by atoms with van der Waals surface area (Å²) in [5.41, 5.74) is 8.54. The molecule has 3 N–H and O–H groups in total. The van der Waals surface area contributed by atoms with Crippen LogP contribution in [-0.4, -0.2) is 41.3 Å². The molecular formula is C23H26F2N8O. The number of anilines is 1. The number of rotatable bonds is 8. The summed E-state index contributed by atoms with van der Waals surface area (Å²) in [6, 6.07) is 6.29. The zero-order valence-corrected chi connectivity index (χ0v) is 19.1. The van der Waals surface area contributed by atoms with Crippen LogP contribution < -0.4 is 11.1 Å². The van der Waals surface area contributed by atoms with Gasteiger partial charge in [-0.2, -0.15) is 10.1 Å². The van der Waals surface area contributed by atoms with Gasteiger partial charge >= 0.3 is 0 Å². The number of carbonyl (C=O) groups is 1. The van der Waals surface area contributed by atoms with E-state index >= 15 is 0 Å². The molecular weight excluding hydrogens is 442 g/mol. The molecule has 0 unspecified atom stereocenters. The molecule has 4 aromatic heterocycles. The monoisotopic (exact) mass is 468 g/mol. The number of pyridine rings is 2. The Kier molecular flexibility index (Phi) is 6.53. The van der Waals surface area contributed by atoms with Crippen LogP contribution >= 0.6 is 0 Å². The summed E-state index contributed by atoms with van der Waals surface area (Å²) < 4.78 is 28.9. The van der Waals surface area contributed by atoms with Crippen LogP contribution in [0.2, 0.25) is 0 Å². The fraction of sp³-hybridized carbons (Fsp3) is 0.348. The first-order chi connectivity index (χ1) is 16.3. The molecule has 178 valence electrons. The number of hydrogen-bond acceptors (Lipinski definition) is 6. The fourth-order valence-electron chi connectivity index (χ4n) is 3.70. The zero-order chi connectivity index (χ0) is 24.4. The summed E-state index contributed by atoms with van der Waals surface area (Å²) in [6.45, 7) is 5.89. The number of halogens is 2. The smallest absolute Gasteiger partial charge is 0.280 e. The van der Waals surface area contributed by atoms with Gasteiger partial charge in [-0.3, -0.25) is 14.5 Å². The highest BCUT2D eigenvalue weighted by Crippen LogP contribution is 2.27. The number of alkyl halides is 2. The minimum atomic E-state index is -2.61. The van der Waals surface area contributed by atoms with Crippen molar-refractivity contribution in [1.82, 2.24) is 34.7 Å². The first-order valence-corrected chi connectivity index (χ1v) is 11.1. The molecule has 0 aromatic carbocycles. The predicted octanol–water partition coefficient (Wildman–Crippen LogP) is 4.04. The zero-order valence-electron chi connectivity index (χ0n) is 19.1. The molecule has 34 heavy (non-hydrogen) atoms. The van der Waals surface area contributed by atoms with Gasteiger partial charge in [-0.15, -0.1) is 5.10 Å². The third-order valence-electron chi connectivity index (χ3n) is 5.73. The number of nitrogens with one attached hydrogen (secondary N) is 1. The van der Waals surface area contributed by atoms with E-state index in [-0.39, 0.29) is 29.6 Å². The fourth-order valence-corrected chi connectivity index (χ4v) is 3.70. The lowest BCUT2D eigenvalue weighted by molar-refractivity contribution is 0.0931. The van der Waals surface area contributed by atoms with Crippen LogP contribution in [0.15, 0.2) is 42.9 Å². The van der Waals surface area contributed by atoms with Gasteiger partial charge in [-0.05, 0) is 49.1 Å². The Hall–Kier alpha value is -3.89. The van der Waals surface area contributed by atoms with E-state index in [1.807, 2.05) is 27.0 Å². The summed E-state index contributed by atoms with van der Waals surface area (Å²) >= 11 is 0. The van der Waals surface area contributed by atoms with Crippen LogP contribution in [0.25, 0.3) is 16.8 Å². The lowest BCUT2D eigenvalue weighted by Gasteiger charge is -2.16. The van der Waals surface area contributed by atoms with Gasteiger partial charge in [-0.1, -0.05) is 19.9 Å². The number of hydrogen-bond donors (Lipinski definition) is 2. The van der Waals surface area contributed by atoms with Gasteiger partial charge in [0.2, 0.25) is 5.95 Å². The first kappa shape index (κ1) is 23.3. The van der Waals surface area contributed by atoms with Crippen molar-refractivity contribution >= 4 is 17.5 Å². The van der Waals surface area contributed by atoms with E-state index in [0.29, 0.717) is 17.8 Å². The lowest BCUT2D eigenvalue weighted by Crippen LogP contribution is -2.33. The molecule has 0 saturated carbocycles. The average Bonchev–Trinajstić information content (AvgIpc) is 3.45. The molecule has 4 heterocycles.